The summed E-state index contributed by atoms with van der Waals surface area (Å²) < 4.78 is 12.1. The number of rotatable bonds is 7. The zero-order valence-corrected chi connectivity index (χ0v) is 17.9. The fourth-order valence-corrected chi connectivity index (χ4v) is 3.42. The number of ether oxygens (including phenoxy) is 2. The van der Waals surface area contributed by atoms with Crippen molar-refractivity contribution in [1.82, 2.24) is 0 Å². The van der Waals surface area contributed by atoms with Crippen molar-refractivity contribution in [3.8, 4) is 17.2 Å². The van der Waals surface area contributed by atoms with Crippen molar-refractivity contribution in [3.05, 3.63) is 92.9 Å². The van der Waals surface area contributed by atoms with Crippen molar-refractivity contribution >= 4 is 39.4 Å². The number of ketones is 1. The van der Waals surface area contributed by atoms with Gasteiger partial charge in [0.2, 0.25) is 0 Å². The molecule has 148 valence electrons. The van der Waals surface area contributed by atoms with E-state index in [0.717, 1.165) is 15.6 Å². The van der Waals surface area contributed by atoms with Gasteiger partial charge in [-0.15, -0.1) is 0 Å². The van der Waals surface area contributed by atoms with Crippen LogP contribution in [0.4, 0.5) is 0 Å². The van der Waals surface area contributed by atoms with Gasteiger partial charge in [0.1, 0.15) is 23.9 Å². The van der Waals surface area contributed by atoms with Crippen LogP contribution in [-0.2, 0) is 6.61 Å². The molecule has 29 heavy (non-hydrogen) atoms. The number of hydrogen-bond acceptors (Lipinski definition) is 4. The van der Waals surface area contributed by atoms with E-state index < -0.39 is 0 Å². The summed E-state index contributed by atoms with van der Waals surface area (Å²) >= 11 is 9.57. The maximum Gasteiger partial charge on any atom is 0.185 e. The Morgan fingerprint density at radius 3 is 2.62 bits per heavy atom. The number of aromatic hydroxyl groups is 1. The first kappa shape index (κ1) is 21.0. The molecule has 0 atom stereocenters. The van der Waals surface area contributed by atoms with Crippen molar-refractivity contribution in [2.24, 2.45) is 0 Å². The molecule has 0 heterocycles. The first-order valence-electron chi connectivity index (χ1n) is 8.72. The summed E-state index contributed by atoms with van der Waals surface area (Å²) in [7, 11) is 1.59. The minimum atomic E-state index is -0.198. The topological polar surface area (TPSA) is 55.8 Å². The van der Waals surface area contributed by atoms with E-state index in [2.05, 4.69) is 15.9 Å². The maximum atomic E-state index is 12.3. The molecule has 3 rings (SSSR count). The first-order chi connectivity index (χ1) is 14.0. The number of methoxy groups -OCH3 is 1. The van der Waals surface area contributed by atoms with Crippen LogP contribution < -0.4 is 9.47 Å². The molecule has 0 unspecified atom stereocenters. The van der Waals surface area contributed by atoms with Gasteiger partial charge in [0.05, 0.1) is 12.1 Å². The van der Waals surface area contributed by atoms with Gasteiger partial charge in [-0.2, -0.15) is 0 Å². The first-order valence-corrected chi connectivity index (χ1v) is 9.89. The number of benzene rings is 3. The highest BCUT2D eigenvalue weighted by atomic mass is 79.9. The van der Waals surface area contributed by atoms with E-state index in [1.165, 1.54) is 18.2 Å². The van der Waals surface area contributed by atoms with Gasteiger partial charge < -0.3 is 14.6 Å². The van der Waals surface area contributed by atoms with Gasteiger partial charge in [-0.25, -0.2) is 0 Å². The third-order valence-corrected chi connectivity index (χ3v) is 4.93. The molecule has 0 bridgehead atoms. The molecule has 0 amide bonds. The van der Waals surface area contributed by atoms with E-state index in [1.54, 1.807) is 37.5 Å². The van der Waals surface area contributed by atoms with Crippen LogP contribution in [0.1, 0.15) is 21.5 Å². The number of carbonyl (C=O) groups excluding carboxylic acids is 1. The molecule has 0 radical (unpaired) electrons. The van der Waals surface area contributed by atoms with Crippen LogP contribution in [0.3, 0.4) is 0 Å². The normalized spacial score (nSPS) is 10.9. The van der Waals surface area contributed by atoms with E-state index in [-0.39, 0.29) is 18.1 Å². The van der Waals surface area contributed by atoms with Crippen molar-refractivity contribution in [1.29, 1.82) is 0 Å². The van der Waals surface area contributed by atoms with E-state index in [4.69, 9.17) is 21.1 Å². The molecule has 0 aliphatic heterocycles. The summed E-state index contributed by atoms with van der Waals surface area (Å²) in [6.45, 7) is 0.257. The van der Waals surface area contributed by atoms with Gasteiger partial charge in [-0.3, -0.25) is 4.79 Å². The van der Waals surface area contributed by atoms with Gasteiger partial charge in [0, 0.05) is 15.6 Å². The molecule has 0 saturated carbocycles. The maximum absolute atomic E-state index is 12.3. The van der Waals surface area contributed by atoms with Gasteiger partial charge in [0.15, 0.2) is 5.78 Å². The standard InChI is InChI=1S/C23H18BrClO4/c1-28-22-9-6-15(5-8-21(27)16-3-2-4-19(26)12-16)11-17(22)14-29-23-10-7-18(24)13-20(23)25/h2-13,26H,14H2,1H3/b8-5+. The van der Waals surface area contributed by atoms with E-state index >= 15 is 0 Å². The minimum absolute atomic E-state index is 0.0553. The summed E-state index contributed by atoms with van der Waals surface area (Å²) in [5.74, 6) is 1.10. The molecule has 0 aliphatic carbocycles. The molecule has 3 aromatic carbocycles. The van der Waals surface area contributed by atoms with Crippen LogP contribution in [-0.4, -0.2) is 18.0 Å². The van der Waals surface area contributed by atoms with Gasteiger partial charge in [0.25, 0.3) is 0 Å². The third-order valence-electron chi connectivity index (χ3n) is 4.14. The van der Waals surface area contributed by atoms with Crippen LogP contribution in [0.25, 0.3) is 6.08 Å². The summed E-state index contributed by atoms with van der Waals surface area (Å²) in [6.07, 6.45) is 3.18. The predicted octanol–water partition coefficient (Wildman–Crippen LogP) is 6.29. The Morgan fingerprint density at radius 2 is 1.90 bits per heavy atom. The molecule has 0 fully saturated rings. The van der Waals surface area contributed by atoms with Crippen molar-refractivity contribution in [2.75, 3.05) is 7.11 Å². The zero-order valence-electron chi connectivity index (χ0n) is 15.6. The van der Waals surface area contributed by atoms with Crippen LogP contribution in [0.5, 0.6) is 17.2 Å². The Balaban J connectivity index is 1.76. The lowest BCUT2D eigenvalue weighted by molar-refractivity contribution is 0.104. The molecule has 0 aromatic heterocycles. The second-order valence-electron chi connectivity index (χ2n) is 6.18. The number of hydrogen-bond donors (Lipinski definition) is 1. The Morgan fingerprint density at radius 1 is 1.10 bits per heavy atom. The molecular formula is C23H18BrClO4. The summed E-state index contributed by atoms with van der Waals surface area (Å²) in [5.41, 5.74) is 2.06. The van der Waals surface area contributed by atoms with Crippen LogP contribution in [0, 0.1) is 0 Å². The Hall–Kier alpha value is -2.76. The molecule has 6 heteroatoms. The Labute approximate surface area is 182 Å². The number of allylic oxidation sites excluding steroid dienone is 1. The predicted molar refractivity (Wildman–Crippen MR) is 118 cm³/mol. The smallest absolute Gasteiger partial charge is 0.185 e. The number of phenols is 1. The number of carbonyl (C=O) groups is 1. The second-order valence-corrected chi connectivity index (χ2v) is 7.51. The van der Waals surface area contributed by atoms with E-state index in [1.807, 2.05) is 24.3 Å². The van der Waals surface area contributed by atoms with Crippen molar-refractivity contribution in [3.63, 3.8) is 0 Å². The summed E-state index contributed by atoms with van der Waals surface area (Å²) in [6, 6.07) is 17.2. The fraction of sp³-hybridized carbons (Fsp3) is 0.0870. The Kier molecular flexibility index (Phi) is 6.96. The molecule has 0 aliphatic rings. The van der Waals surface area contributed by atoms with Gasteiger partial charge in [-0.05, 0) is 54.1 Å². The van der Waals surface area contributed by atoms with Crippen LogP contribution in [0.2, 0.25) is 5.02 Å². The molecule has 0 spiro atoms. The lowest BCUT2D eigenvalue weighted by Crippen LogP contribution is -2.00. The highest BCUT2D eigenvalue weighted by molar-refractivity contribution is 9.10. The van der Waals surface area contributed by atoms with Crippen molar-refractivity contribution in [2.45, 2.75) is 6.61 Å². The van der Waals surface area contributed by atoms with E-state index in [9.17, 15) is 9.90 Å². The molecular weight excluding hydrogens is 456 g/mol. The third kappa shape index (κ3) is 5.62. The fourth-order valence-electron chi connectivity index (χ4n) is 2.69. The zero-order chi connectivity index (χ0) is 20.8. The number of halogens is 2. The monoisotopic (exact) mass is 472 g/mol. The van der Waals surface area contributed by atoms with Gasteiger partial charge >= 0.3 is 0 Å². The average Bonchev–Trinajstić information content (AvgIpc) is 2.71. The molecule has 0 saturated heterocycles. The second kappa shape index (κ2) is 9.63. The van der Waals surface area contributed by atoms with Crippen molar-refractivity contribution < 1.29 is 19.4 Å². The van der Waals surface area contributed by atoms with Crippen LogP contribution >= 0.6 is 27.5 Å². The average molecular weight is 474 g/mol. The van der Waals surface area contributed by atoms with E-state index in [0.29, 0.717) is 22.1 Å². The van der Waals surface area contributed by atoms with Crippen LogP contribution in [0.15, 0.2) is 71.2 Å². The Bertz CT molecular complexity index is 1060. The SMILES string of the molecule is COc1ccc(/C=C/C(=O)c2cccc(O)c2)cc1COc1ccc(Br)cc1Cl. The lowest BCUT2D eigenvalue weighted by atomic mass is 10.1. The quantitative estimate of drug-likeness (QED) is 0.323. The number of phenolic OH excluding ortho intramolecular Hbond substituents is 1. The highest BCUT2D eigenvalue weighted by Gasteiger charge is 2.08. The molecule has 1 N–H and O–H groups in total. The summed E-state index contributed by atoms with van der Waals surface area (Å²) in [5, 5.41) is 10.0. The van der Waals surface area contributed by atoms with Gasteiger partial charge in [-0.1, -0.05) is 51.8 Å². The minimum Gasteiger partial charge on any atom is -0.508 e. The highest BCUT2D eigenvalue weighted by Crippen LogP contribution is 2.30. The molecule has 4 nitrogen and oxygen atoms in total. The summed E-state index contributed by atoms with van der Waals surface area (Å²) in [4.78, 5) is 12.3. The lowest BCUT2D eigenvalue weighted by Gasteiger charge is -2.12. The largest absolute Gasteiger partial charge is 0.508 e. The molecule has 3 aromatic rings.